The molecule has 0 spiro atoms. The van der Waals surface area contributed by atoms with Crippen molar-refractivity contribution in [1.29, 1.82) is 0 Å². The van der Waals surface area contributed by atoms with Gasteiger partial charge in [0.1, 0.15) is 18.3 Å². The standard InChI is InChI=1S/C27H29BrClN3O5S/c1-18-8-11-23(12-9-18)38(35,36)32(22-10-13-25(37-4)24(29)15-22)17-26(33)31(19(2)27(34)30-3)16-20-6-5-7-21(28)14-20/h5-15,19H,16-17H2,1-4H3,(H,30,34). The highest BCUT2D eigenvalue weighted by atomic mass is 79.9. The molecule has 0 saturated carbocycles. The molecule has 0 aliphatic rings. The fraction of sp³-hybridized carbons (Fsp3) is 0.259. The summed E-state index contributed by atoms with van der Waals surface area (Å²) in [6.07, 6.45) is 0. The predicted octanol–water partition coefficient (Wildman–Crippen LogP) is 4.78. The second-order valence-corrected chi connectivity index (χ2v) is 11.8. The lowest BCUT2D eigenvalue weighted by Crippen LogP contribution is -2.50. The van der Waals surface area contributed by atoms with Crippen LogP contribution in [0.3, 0.4) is 0 Å². The van der Waals surface area contributed by atoms with Crippen molar-refractivity contribution < 1.29 is 22.7 Å². The number of anilines is 1. The molecule has 1 unspecified atom stereocenters. The highest BCUT2D eigenvalue weighted by molar-refractivity contribution is 9.10. The zero-order valence-electron chi connectivity index (χ0n) is 21.4. The zero-order chi connectivity index (χ0) is 28.0. The first-order valence-corrected chi connectivity index (χ1v) is 14.3. The molecular formula is C27H29BrClN3O5S. The average Bonchev–Trinajstić information content (AvgIpc) is 2.89. The third kappa shape index (κ3) is 6.86. The lowest BCUT2D eigenvalue weighted by molar-refractivity contribution is -0.139. The summed E-state index contributed by atoms with van der Waals surface area (Å²) in [6.45, 7) is 2.97. The molecule has 0 radical (unpaired) electrons. The Morgan fingerprint density at radius 3 is 2.34 bits per heavy atom. The van der Waals surface area contributed by atoms with Crippen molar-refractivity contribution in [2.45, 2.75) is 31.3 Å². The zero-order valence-corrected chi connectivity index (χ0v) is 24.6. The lowest BCUT2D eigenvalue weighted by atomic mass is 10.1. The molecule has 0 bridgehead atoms. The summed E-state index contributed by atoms with van der Waals surface area (Å²) in [5.41, 5.74) is 1.84. The number of carbonyl (C=O) groups excluding carboxylic acids is 2. The Morgan fingerprint density at radius 1 is 1.08 bits per heavy atom. The lowest BCUT2D eigenvalue weighted by Gasteiger charge is -2.32. The third-order valence-corrected chi connectivity index (χ3v) is 8.54. The van der Waals surface area contributed by atoms with Gasteiger partial charge in [-0.2, -0.15) is 0 Å². The number of nitrogens with zero attached hydrogens (tertiary/aromatic N) is 2. The number of amides is 2. The Balaban J connectivity index is 2.07. The average molecular weight is 623 g/mol. The van der Waals surface area contributed by atoms with Crippen molar-refractivity contribution in [2.75, 3.05) is 25.0 Å². The molecule has 2 amide bonds. The molecule has 3 rings (SSSR count). The SMILES string of the molecule is CNC(=O)C(C)N(Cc1cccc(Br)c1)C(=O)CN(c1ccc(OC)c(Cl)c1)S(=O)(=O)c1ccc(C)cc1. The highest BCUT2D eigenvalue weighted by Gasteiger charge is 2.32. The second kappa shape index (κ2) is 12.6. The summed E-state index contributed by atoms with van der Waals surface area (Å²) in [6, 6.07) is 17.3. The Bertz CT molecular complexity index is 1420. The number of sulfonamides is 1. The van der Waals surface area contributed by atoms with Crippen molar-refractivity contribution in [3.63, 3.8) is 0 Å². The van der Waals surface area contributed by atoms with Gasteiger partial charge in [-0.3, -0.25) is 13.9 Å². The van der Waals surface area contributed by atoms with Gasteiger partial charge in [0.2, 0.25) is 11.8 Å². The molecule has 3 aromatic rings. The van der Waals surface area contributed by atoms with Crippen LogP contribution >= 0.6 is 27.5 Å². The number of benzene rings is 3. The quantitative estimate of drug-likeness (QED) is 0.351. The molecule has 202 valence electrons. The van der Waals surface area contributed by atoms with Gasteiger partial charge >= 0.3 is 0 Å². The summed E-state index contributed by atoms with van der Waals surface area (Å²) >= 11 is 9.75. The number of nitrogens with one attached hydrogen (secondary N) is 1. The largest absolute Gasteiger partial charge is 0.495 e. The topological polar surface area (TPSA) is 96.0 Å². The number of hydrogen-bond acceptors (Lipinski definition) is 5. The minimum absolute atomic E-state index is 0.0146. The van der Waals surface area contributed by atoms with Gasteiger partial charge in [-0.25, -0.2) is 8.42 Å². The molecule has 1 N–H and O–H groups in total. The number of ether oxygens (including phenoxy) is 1. The predicted molar refractivity (Wildman–Crippen MR) is 152 cm³/mol. The Kier molecular flexibility index (Phi) is 9.81. The minimum atomic E-state index is -4.19. The molecule has 0 aliphatic heterocycles. The van der Waals surface area contributed by atoms with Gasteiger partial charge < -0.3 is 15.0 Å². The van der Waals surface area contributed by atoms with E-state index < -0.39 is 28.5 Å². The number of carbonyl (C=O) groups is 2. The molecule has 11 heteroatoms. The van der Waals surface area contributed by atoms with E-state index in [1.54, 1.807) is 19.1 Å². The molecule has 38 heavy (non-hydrogen) atoms. The number of aryl methyl sites for hydroxylation is 1. The van der Waals surface area contributed by atoms with Crippen molar-refractivity contribution in [3.8, 4) is 5.75 Å². The first kappa shape index (κ1) is 29.5. The van der Waals surface area contributed by atoms with Gasteiger partial charge in [0.25, 0.3) is 10.0 Å². The molecule has 3 aromatic carbocycles. The number of likely N-dealkylation sites (N-methyl/N-ethyl adjacent to an activating group) is 1. The first-order valence-electron chi connectivity index (χ1n) is 11.7. The van der Waals surface area contributed by atoms with Gasteiger partial charge in [-0.1, -0.05) is 57.4 Å². The summed E-state index contributed by atoms with van der Waals surface area (Å²) in [5, 5.41) is 2.74. The molecule has 0 fully saturated rings. The van der Waals surface area contributed by atoms with Crippen LogP contribution in [0.2, 0.25) is 5.02 Å². The monoisotopic (exact) mass is 621 g/mol. The summed E-state index contributed by atoms with van der Waals surface area (Å²) in [4.78, 5) is 27.7. The summed E-state index contributed by atoms with van der Waals surface area (Å²) in [7, 11) is -1.26. The fourth-order valence-electron chi connectivity index (χ4n) is 3.80. The van der Waals surface area contributed by atoms with Gasteiger partial charge in [0.15, 0.2) is 0 Å². The van der Waals surface area contributed by atoms with E-state index in [0.717, 1.165) is 19.9 Å². The maximum absolute atomic E-state index is 13.8. The number of halogens is 2. The third-order valence-electron chi connectivity index (χ3n) is 5.97. The van der Waals surface area contributed by atoms with E-state index in [0.29, 0.717) is 5.75 Å². The fourth-order valence-corrected chi connectivity index (χ4v) is 5.90. The Hall–Kier alpha value is -3.08. The smallest absolute Gasteiger partial charge is 0.264 e. The maximum atomic E-state index is 13.8. The van der Waals surface area contributed by atoms with Crippen LogP contribution in [-0.2, 0) is 26.2 Å². The Morgan fingerprint density at radius 2 is 1.76 bits per heavy atom. The highest BCUT2D eigenvalue weighted by Crippen LogP contribution is 2.32. The van der Waals surface area contributed by atoms with Crippen molar-refractivity contribution in [3.05, 3.63) is 87.4 Å². The van der Waals surface area contributed by atoms with Crippen LogP contribution in [0.15, 0.2) is 76.1 Å². The van der Waals surface area contributed by atoms with Crippen molar-refractivity contribution >= 4 is 55.1 Å². The summed E-state index contributed by atoms with van der Waals surface area (Å²) < 4.78 is 34.7. The van der Waals surface area contributed by atoms with E-state index in [1.165, 1.54) is 49.4 Å². The molecular weight excluding hydrogens is 594 g/mol. The van der Waals surface area contributed by atoms with Crippen LogP contribution in [0, 0.1) is 6.92 Å². The van der Waals surface area contributed by atoms with Crippen LogP contribution < -0.4 is 14.4 Å². The molecule has 0 saturated heterocycles. The van der Waals surface area contributed by atoms with Crippen LogP contribution in [0.1, 0.15) is 18.1 Å². The van der Waals surface area contributed by atoms with Gasteiger partial charge in [-0.15, -0.1) is 0 Å². The van der Waals surface area contributed by atoms with E-state index >= 15 is 0 Å². The van der Waals surface area contributed by atoms with Gasteiger partial charge in [0, 0.05) is 18.1 Å². The van der Waals surface area contributed by atoms with Crippen molar-refractivity contribution in [2.24, 2.45) is 0 Å². The first-order chi connectivity index (χ1) is 18.0. The van der Waals surface area contributed by atoms with E-state index in [9.17, 15) is 18.0 Å². The van der Waals surface area contributed by atoms with Crippen LogP contribution in [0.5, 0.6) is 5.75 Å². The minimum Gasteiger partial charge on any atom is -0.495 e. The number of hydrogen-bond donors (Lipinski definition) is 1. The summed E-state index contributed by atoms with van der Waals surface area (Å²) in [5.74, 6) is -0.587. The van der Waals surface area contributed by atoms with E-state index in [2.05, 4.69) is 21.2 Å². The van der Waals surface area contributed by atoms with E-state index in [-0.39, 0.29) is 28.1 Å². The van der Waals surface area contributed by atoms with Crippen LogP contribution in [-0.4, -0.2) is 51.9 Å². The Labute approximate surface area is 236 Å². The second-order valence-electron chi connectivity index (χ2n) is 8.59. The van der Waals surface area contributed by atoms with Crippen LogP contribution in [0.25, 0.3) is 0 Å². The number of methoxy groups -OCH3 is 1. The van der Waals surface area contributed by atoms with E-state index in [1.807, 2.05) is 31.2 Å². The number of rotatable bonds is 10. The molecule has 8 nitrogen and oxygen atoms in total. The molecule has 0 aromatic heterocycles. The van der Waals surface area contributed by atoms with Gasteiger partial charge in [0.05, 0.1) is 22.7 Å². The normalized spacial score (nSPS) is 11.9. The molecule has 1 atom stereocenters. The molecule has 0 aliphatic carbocycles. The maximum Gasteiger partial charge on any atom is 0.264 e. The van der Waals surface area contributed by atoms with Crippen molar-refractivity contribution in [1.82, 2.24) is 10.2 Å². The van der Waals surface area contributed by atoms with E-state index in [4.69, 9.17) is 16.3 Å². The van der Waals surface area contributed by atoms with Gasteiger partial charge in [-0.05, 0) is 61.9 Å². The van der Waals surface area contributed by atoms with Crippen LogP contribution in [0.4, 0.5) is 5.69 Å². The molecule has 0 heterocycles.